The molecule has 8 heteroatoms. The Morgan fingerprint density at radius 2 is 1.77 bits per heavy atom. The molecule has 0 aliphatic carbocycles. The van der Waals surface area contributed by atoms with E-state index in [0.717, 1.165) is 22.2 Å². The number of aryl methyl sites for hydroxylation is 1. The molecule has 2 heterocycles. The Hall–Kier alpha value is -2.87. The molecular formula is C31H45N4O3S+. The molecule has 1 N–H and O–H groups in total. The molecule has 1 aliphatic heterocycles. The highest BCUT2D eigenvalue weighted by Crippen LogP contribution is 2.40. The molecule has 39 heavy (non-hydrogen) atoms. The minimum atomic E-state index is -0.769. The van der Waals surface area contributed by atoms with Crippen LogP contribution >= 0.6 is 12.6 Å². The average molecular weight is 554 g/mol. The van der Waals surface area contributed by atoms with Crippen molar-refractivity contribution >= 4 is 46.7 Å². The third-order valence-electron chi connectivity index (χ3n) is 8.10. The lowest BCUT2D eigenvalue weighted by molar-refractivity contribution is -0.531. The second-order valence-electron chi connectivity index (χ2n) is 12.9. The highest BCUT2D eigenvalue weighted by molar-refractivity contribution is 7.97. The van der Waals surface area contributed by atoms with Crippen LogP contribution in [0.5, 0.6) is 0 Å². The summed E-state index contributed by atoms with van der Waals surface area (Å²) < 4.78 is 4.14. The third-order valence-corrected chi connectivity index (χ3v) is 8.45. The first-order valence-electron chi connectivity index (χ1n) is 13.5. The molecule has 0 saturated carbocycles. The van der Waals surface area contributed by atoms with Crippen LogP contribution in [0.25, 0.3) is 10.9 Å². The fraction of sp³-hybridized carbons (Fsp3) is 0.548. The Kier molecular flexibility index (Phi) is 8.61. The summed E-state index contributed by atoms with van der Waals surface area (Å²) in [7, 11) is 5.70. The number of carbonyl (C=O) groups excluding carboxylic acids is 3. The minimum Gasteiger partial charge on any atom is -0.339 e. The van der Waals surface area contributed by atoms with Crippen molar-refractivity contribution in [1.82, 2.24) is 14.8 Å². The molecular weight excluding hydrogens is 508 g/mol. The van der Waals surface area contributed by atoms with E-state index in [2.05, 4.69) is 55.5 Å². The number of thiol groups is 1. The monoisotopic (exact) mass is 553 g/mol. The van der Waals surface area contributed by atoms with Crippen molar-refractivity contribution in [3.63, 3.8) is 0 Å². The summed E-state index contributed by atoms with van der Waals surface area (Å²) in [6.45, 7) is 15.8. The number of carbonyl (C=O) groups is 3. The number of fused-ring (bicyclic) bond motifs is 3. The smallest absolute Gasteiger partial charge is 0.290 e. The van der Waals surface area contributed by atoms with Crippen molar-refractivity contribution in [2.45, 2.75) is 78.9 Å². The summed E-state index contributed by atoms with van der Waals surface area (Å²) in [6.07, 6.45) is 3.82. The maximum absolute atomic E-state index is 14.1. The van der Waals surface area contributed by atoms with Gasteiger partial charge in [-0.15, -0.1) is 12.6 Å². The zero-order valence-corrected chi connectivity index (χ0v) is 26.2. The van der Waals surface area contributed by atoms with Gasteiger partial charge in [-0.25, -0.2) is 4.58 Å². The van der Waals surface area contributed by atoms with Crippen molar-refractivity contribution in [3.8, 4) is 0 Å². The number of hydrogen-bond acceptors (Lipinski definition) is 3. The number of para-hydroxylation sites is 1. The van der Waals surface area contributed by atoms with Gasteiger partial charge in [0.25, 0.3) is 5.91 Å². The summed E-state index contributed by atoms with van der Waals surface area (Å²) >= 11 is 3.94. The summed E-state index contributed by atoms with van der Waals surface area (Å²) in [4.78, 5) is 41.5. The highest BCUT2D eigenvalue weighted by Gasteiger charge is 2.51. The van der Waals surface area contributed by atoms with E-state index in [0.29, 0.717) is 5.57 Å². The Morgan fingerprint density at radius 1 is 1.18 bits per heavy atom. The fourth-order valence-electron chi connectivity index (χ4n) is 5.97. The van der Waals surface area contributed by atoms with Gasteiger partial charge in [-0.1, -0.05) is 58.9 Å². The Morgan fingerprint density at radius 3 is 2.31 bits per heavy atom. The second kappa shape index (κ2) is 11.0. The van der Waals surface area contributed by atoms with Crippen molar-refractivity contribution in [2.24, 2.45) is 18.4 Å². The molecule has 3 atom stereocenters. The zero-order chi connectivity index (χ0) is 29.6. The molecule has 0 spiro atoms. The van der Waals surface area contributed by atoms with Gasteiger partial charge in [0.15, 0.2) is 6.21 Å². The normalized spacial score (nSPS) is 18.8. The molecule has 0 bridgehead atoms. The summed E-state index contributed by atoms with van der Waals surface area (Å²) in [5, 5.41) is 3.95. The van der Waals surface area contributed by atoms with Gasteiger partial charge in [0, 0.05) is 36.1 Å². The fourth-order valence-corrected chi connectivity index (χ4v) is 6.04. The van der Waals surface area contributed by atoms with Gasteiger partial charge in [-0.05, 0) is 38.2 Å². The predicted molar refractivity (Wildman–Crippen MR) is 162 cm³/mol. The zero-order valence-electron chi connectivity index (χ0n) is 25.3. The van der Waals surface area contributed by atoms with Crippen molar-refractivity contribution in [3.05, 3.63) is 47.2 Å². The molecule has 3 rings (SSSR count). The Labute approximate surface area is 238 Å². The van der Waals surface area contributed by atoms with Crippen LogP contribution in [0, 0.1) is 11.3 Å². The molecule has 1 aromatic carbocycles. The number of nitrogens with zero attached hydrogens (tertiary/aromatic N) is 3. The lowest BCUT2D eigenvalue weighted by atomic mass is 9.73. The van der Waals surface area contributed by atoms with Crippen LogP contribution in [-0.4, -0.2) is 69.4 Å². The molecule has 1 aromatic heterocycles. The molecule has 0 unspecified atom stereocenters. The summed E-state index contributed by atoms with van der Waals surface area (Å²) in [6, 6.07) is 6.64. The summed E-state index contributed by atoms with van der Waals surface area (Å²) in [5.41, 5.74) is 2.73. The van der Waals surface area contributed by atoms with Crippen molar-refractivity contribution in [2.75, 3.05) is 14.1 Å². The number of nitrogens with one attached hydrogen (secondary N) is 1. The van der Waals surface area contributed by atoms with Gasteiger partial charge in [0.1, 0.15) is 18.8 Å². The number of benzene rings is 1. The topological polar surface area (TPSA) is 74.4 Å². The van der Waals surface area contributed by atoms with Crippen LogP contribution in [0.15, 0.2) is 35.9 Å². The molecule has 0 fully saturated rings. The Bertz CT molecular complexity index is 1360. The Balaban J connectivity index is 2.00. The van der Waals surface area contributed by atoms with E-state index in [1.165, 1.54) is 0 Å². The first-order chi connectivity index (χ1) is 17.9. The van der Waals surface area contributed by atoms with Gasteiger partial charge in [0.05, 0.1) is 11.5 Å². The number of aromatic nitrogens is 1. The van der Waals surface area contributed by atoms with E-state index in [1.54, 1.807) is 24.9 Å². The van der Waals surface area contributed by atoms with Crippen LogP contribution in [0.2, 0.25) is 0 Å². The van der Waals surface area contributed by atoms with E-state index in [9.17, 15) is 14.4 Å². The van der Waals surface area contributed by atoms with Crippen LogP contribution in [0.4, 0.5) is 0 Å². The lowest BCUT2D eigenvalue weighted by Gasteiger charge is -2.39. The molecule has 0 radical (unpaired) electrons. The largest absolute Gasteiger partial charge is 0.339 e. The van der Waals surface area contributed by atoms with E-state index in [-0.39, 0.29) is 28.9 Å². The molecule has 0 saturated heterocycles. The maximum atomic E-state index is 14.1. The van der Waals surface area contributed by atoms with Gasteiger partial charge in [-0.3, -0.25) is 14.4 Å². The van der Waals surface area contributed by atoms with E-state index in [4.69, 9.17) is 0 Å². The SMILES string of the molecule is C/C(=C\[C@H](C(C)C)N(C)C(=O)[C@@H](NC(=O)[C@H]1[N+](C)=Cc2c(c3ccccc3n2C)C1(C)C)C(C)(C)C)C(=O)S. The molecule has 1 aliphatic rings. The summed E-state index contributed by atoms with van der Waals surface area (Å²) in [5.74, 6) is -0.339. The van der Waals surface area contributed by atoms with Crippen LogP contribution in [0.1, 0.15) is 66.6 Å². The van der Waals surface area contributed by atoms with E-state index < -0.39 is 22.9 Å². The highest BCUT2D eigenvalue weighted by atomic mass is 32.1. The maximum Gasteiger partial charge on any atom is 0.290 e. The molecule has 212 valence electrons. The standard InChI is InChI=1S/C31H44N4O3S/c1-18(2)22(16-19(3)29(38)39)35(11)28(37)25(30(4,5)6)32-27(36)26-31(7,8)24-20-14-12-13-15-21(20)34(10)23(24)17-33(26)9/h12-18,22,25-26H,1-11H3,(H-,32,36,38,39)/p+1/b19-16+/t22-,25-,26-/m1/s1. The second-order valence-corrected chi connectivity index (χ2v) is 13.3. The molecule has 7 nitrogen and oxygen atoms in total. The number of rotatable bonds is 7. The van der Waals surface area contributed by atoms with E-state index >= 15 is 0 Å². The van der Waals surface area contributed by atoms with Crippen LogP contribution in [0.3, 0.4) is 0 Å². The van der Waals surface area contributed by atoms with Gasteiger partial charge >= 0.3 is 0 Å². The number of amides is 2. The van der Waals surface area contributed by atoms with Crippen LogP contribution in [-0.2, 0) is 26.8 Å². The molecule has 2 aromatic rings. The average Bonchev–Trinajstić information content (AvgIpc) is 3.11. The first kappa shape index (κ1) is 30.7. The van der Waals surface area contributed by atoms with Gasteiger partial charge in [-0.2, -0.15) is 0 Å². The van der Waals surface area contributed by atoms with Crippen molar-refractivity contribution < 1.29 is 19.0 Å². The minimum absolute atomic E-state index is 0.0562. The quantitative estimate of drug-likeness (QED) is 0.305. The third kappa shape index (κ3) is 5.72. The first-order valence-corrected chi connectivity index (χ1v) is 14.0. The van der Waals surface area contributed by atoms with Crippen molar-refractivity contribution in [1.29, 1.82) is 0 Å². The van der Waals surface area contributed by atoms with Crippen LogP contribution < -0.4 is 5.32 Å². The van der Waals surface area contributed by atoms with E-state index in [1.807, 2.05) is 64.6 Å². The number of hydrogen-bond donors (Lipinski definition) is 2. The number of likely N-dealkylation sites (N-methyl/N-ethyl adjacent to an activating group) is 2. The van der Waals surface area contributed by atoms with Gasteiger partial charge in [0.2, 0.25) is 17.1 Å². The predicted octanol–water partition coefficient (Wildman–Crippen LogP) is 4.32. The van der Waals surface area contributed by atoms with Gasteiger partial charge < -0.3 is 14.8 Å². The lowest BCUT2D eigenvalue weighted by Crippen LogP contribution is -2.61. The molecule has 2 amide bonds.